The SMILES string of the molecule is CCc1ccc(N(c2ccc3c(c2)c2cc(N(c4ccc(CC)cc4)c4cccc5c4oc4ccccc45)cc4c2n3-c2ccccc2C42C3=C(c4c2ccc2ccccc42)C2CC=CC=C2C=C3)c2cccc3c2oc2ccccc23)cc1. The van der Waals surface area contributed by atoms with Crippen LogP contribution >= 0.6 is 0 Å². The number of hydrogen-bond donors (Lipinski definition) is 0. The van der Waals surface area contributed by atoms with E-state index in [-0.39, 0.29) is 5.92 Å². The minimum Gasteiger partial charge on any atom is -0.454 e. The number of aryl methyl sites for hydroxylation is 2. The molecule has 3 aromatic heterocycles. The molecule has 2 atom stereocenters. The Kier molecular flexibility index (Phi) is 10.0. The smallest absolute Gasteiger partial charge is 0.159 e. The molecule has 5 heteroatoms. The lowest BCUT2D eigenvalue weighted by Crippen LogP contribution is -2.35. The third-order valence-electron chi connectivity index (χ3n) is 19.0. The molecule has 0 N–H and O–H groups in total. The zero-order valence-electron chi connectivity index (χ0n) is 46.6. The average Bonchev–Trinajstić information content (AvgIpc) is 1.64. The number of rotatable bonds is 8. The second kappa shape index (κ2) is 17.8. The minimum atomic E-state index is -0.719. The van der Waals surface area contributed by atoms with E-state index in [4.69, 9.17) is 8.83 Å². The van der Waals surface area contributed by atoms with Crippen LogP contribution in [0.4, 0.5) is 34.1 Å². The van der Waals surface area contributed by atoms with Crippen molar-refractivity contribution in [2.75, 3.05) is 9.80 Å². The summed E-state index contributed by atoms with van der Waals surface area (Å²) in [4.78, 5) is 4.88. The van der Waals surface area contributed by atoms with Crippen molar-refractivity contribution in [1.29, 1.82) is 0 Å². The normalized spacial score (nSPS) is 16.6. The molecule has 84 heavy (non-hydrogen) atoms. The number of nitrogens with zero attached hydrogens (tertiary/aromatic N) is 3. The fourth-order valence-electron chi connectivity index (χ4n) is 15.3. The molecular formula is C79H55N3O2. The van der Waals surface area contributed by atoms with Crippen molar-refractivity contribution in [3.05, 3.63) is 299 Å². The molecule has 0 fully saturated rings. The molecule has 1 aliphatic heterocycles. The van der Waals surface area contributed by atoms with Crippen LogP contribution in [-0.2, 0) is 18.3 Å². The Morgan fingerprint density at radius 3 is 1.76 bits per heavy atom. The highest BCUT2D eigenvalue weighted by Crippen LogP contribution is 2.65. The standard InChI is InChI=1S/C79H55N3O2/c1-3-48-31-37-52(38-32-48)80(70-27-15-23-60-58-21-9-13-29-72(58)83-77(60)70)54-41-44-68-62(45-54)63-46-55(81(53-39-33-49(4-2)34-40-53)71-28-16-24-61-59-22-10-14-30-73(59)84-78(61)71)47-67-76(63)82(68)69-26-12-11-25-64(69)79(67)65-42-35-50-17-5-7-19-56(50)74(65)75-57-20-8-6-18-51(57)36-43-66(75)79/h5-19,21-47,57H,3-4,20H2,1-2H3. The summed E-state index contributed by atoms with van der Waals surface area (Å²) in [5, 5.41) is 9.25. The van der Waals surface area contributed by atoms with Crippen molar-refractivity contribution in [2.45, 2.75) is 38.5 Å². The van der Waals surface area contributed by atoms with Crippen LogP contribution in [0.1, 0.15) is 53.6 Å². The summed E-state index contributed by atoms with van der Waals surface area (Å²) in [5.41, 5.74) is 24.4. The lowest BCUT2D eigenvalue weighted by Gasteiger charge is -2.42. The zero-order valence-corrected chi connectivity index (χ0v) is 46.6. The molecular weight excluding hydrogens is 1020 g/mol. The van der Waals surface area contributed by atoms with Crippen LogP contribution in [0.5, 0.6) is 0 Å². The number of benzene rings is 11. The van der Waals surface area contributed by atoms with Gasteiger partial charge < -0.3 is 23.2 Å². The Hall–Kier alpha value is -10.4. The molecule has 3 aliphatic carbocycles. The van der Waals surface area contributed by atoms with Gasteiger partial charge in [-0.25, -0.2) is 0 Å². The van der Waals surface area contributed by atoms with Crippen LogP contribution in [0.3, 0.4) is 0 Å². The van der Waals surface area contributed by atoms with Crippen molar-refractivity contribution in [1.82, 2.24) is 4.57 Å². The second-order valence-corrected chi connectivity index (χ2v) is 23.2. The second-order valence-electron chi connectivity index (χ2n) is 23.2. The molecule has 0 radical (unpaired) electrons. The molecule has 0 amide bonds. The van der Waals surface area contributed by atoms with Crippen LogP contribution in [0.2, 0.25) is 0 Å². The summed E-state index contributed by atoms with van der Waals surface area (Å²) in [7, 11) is 0. The highest BCUT2D eigenvalue weighted by atomic mass is 16.3. The van der Waals surface area contributed by atoms with E-state index in [0.29, 0.717) is 0 Å². The Morgan fingerprint density at radius 2 is 1.07 bits per heavy atom. The van der Waals surface area contributed by atoms with E-state index >= 15 is 0 Å². The predicted molar refractivity (Wildman–Crippen MR) is 349 cm³/mol. The molecule has 0 bridgehead atoms. The first kappa shape index (κ1) is 47.3. The Labute approximate surface area is 486 Å². The molecule has 0 saturated heterocycles. The van der Waals surface area contributed by atoms with E-state index in [0.717, 1.165) is 108 Å². The lowest BCUT2D eigenvalue weighted by molar-refractivity contribution is 0.668. The summed E-state index contributed by atoms with van der Waals surface area (Å²) in [6.45, 7) is 4.45. The molecule has 11 aromatic carbocycles. The van der Waals surface area contributed by atoms with Gasteiger partial charge in [0.25, 0.3) is 0 Å². The lowest BCUT2D eigenvalue weighted by atomic mass is 9.63. The van der Waals surface area contributed by atoms with Gasteiger partial charge in [0.15, 0.2) is 11.2 Å². The maximum atomic E-state index is 7.03. The van der Waals surface area contributed by atoms with Gasteiger partial charge in [-0.2, -0.15) is 0 Å². The van der Waals surface area contributed by atoms with Gasteiger partial charge in [-0.05, 0) is 165 Å². The Balaban J connectivity index is 0.996. The van der Waals surface area contributed by atoms with Gasteiger partial charge in [0.05, 0.1) is 33.5 Å². The molecule has 4 aliphatic rings. The minimum absolute atomic E-state index is 0.202. The number of allylic oxidation sites excluding steroid dienone is 8. The van der Waals surface area contributed by atoms with E-state index in [9.17, 15) is 0 Å². The van der Waals surface area contributed by atoms with Gasteiger partial charge in [-0.1, -0.05) is 184 Å². The number of para-hydroxylation sites is 5. The van der Waals surface area contributed by atoms with Crippen molar-refractivity contribution >= 4 is 116 Å². The zero-order chi connectivity index (χ0) is 55.4. The van der Waals surface area contributed by atoms with E-state index in [1.54, 1.807) is 0 Å². The van der Waals surface area contributed by atoms with Crippen LogP contribution in [0.15, 0.2) is 275 Å². The number of furan rings is 2. The molecule has 0 saturated carbocycles. The first-order valence-corrected chi connectivity index (χ1v) is 29.7. The van der Waals surface area contributed by atoms with Crippen LogP contribution in [0, 0.1) is 5.92 Å². The summed E-state index contributed by atoms with van der Waals surface area (Å²) in [6, 6.07) is 83.7. The molecule has 14 aromatic rings. The highest BCUT2D eigenvalue weighted by molar-refractivity contribution is 6.18. The van der Waals surface area contributed by atoms with Crippen LogP contribution in [0.25, 0.3) is 87.7 Å². The van der Waals surface area contributed by atoms with Gasteiger partial charge >= 0.3 is 0 Å². The molecule has 398 valence electrons. The van der Waals surface area contributed by atoms with Gasteiger partial charge in [-0.15, -0.1) is 0 Å². The number of aromatic nitrogens is 1. The summed E-state index contributed by atoms with van der Waals surface area (Å²) in [6.07, 6.45) is 14.7. The quantitative estimate of drug-likeness (QED) is 0.152. The fraction of sp³-hybridized carbons (Fsp3) is 0.0886. The number of anilines is 6. The predicted octanol–water partition coefficient (Wildman–Crippen LogP) is 21.3. The van der Waals surface area contributed by atoms with Crippen molar-refractivity contribution in [3.63, 3.8) is 0 Å². The molecule has 4 heterocycles. The largest absolute Gasteiger partial charge is 0.454 e. The van der Waals surface area contributed by atoms with Crippen LogP contribution < -0.4 is 9.80 Å². The Morgan fingerprint density at radius 1 is 0.476 bits per heavy atom. The number of fused-ring (bicyclic) bond motifs is 21. The average molecular weight is 1080 g/mol. The molecule has 2 unspecified atom stereocenters. The van der Waals surface area contributed by atoms with E-state index in [1.807, 2.05) is 0 Å². The van der Waals surface area contributed by atoms with Gasteiger partial charge in [0.2, 0.25) is 0 Å². The highest BCUT2D eigenvalue weighted by Gasteiger charge is 2.54. The summed E-state index contributed by atoms with van der Waals surface area (Å²) >= 11 is 0. The van der Waals surface area contributed by atoms with Gasteiger partial charge in [0.1, 0.15) is 11.2 Å². The number of hydrogen-bond acceptors (Lipinski definition) is 4. The van der Waals surface area contributed by atoms with Gasteiger partial charge in [-0.3, -0.25) is 0 Å². The molecule has 1 spiro atoms. The first-order chi connectivity index (χ1) is 41.6. The monoisotopic (exact) mass is 1080 g/mol. The van der Waals surface area contributed by atoms with E-state index in [2.05, 4.69) is 283 Å². The third-order valence-corrected chi connectivity index (χ3v) is 19.0. The fourth-order valence-corrected chi connectivity index (χ4v) is 15.3. The first-order valence-electron chi connectivity index (χ1n) is 29.7. The molecule has 18 rings (SSSR count). The van der Waals surface area contributed by atoms with Crippen LogP contribution in [-0.4, -0.2) is 4.57 Å². The van der Waals surface area contributed by atoms with Crippen molar-refractivity contribution in [2.24, 2.45) is 5.92 Å². The van der Waals surface area contributed by atoms with E-state index in [1.165, 1.54) is 77.5 Å². The summed E-state index contributed by atoms with van der Waals surface area (Å²) in [5.74, 6) is 0.202. The van der Waals surface area contributed by atoms with Crippen molar-refractivity contribution < 1.29 is 8.83 Å². The molecule has 5 nitrogen and oxygen atoms in total. The van der Waals surface area contributed by atoms with Gasteiger partial charge in [0, 0.05) is 61.0 Å². The maximum absolute atomic E-state index is 7.03. The van der Waals surface area contributed by atoms with E-state index < -0.39 is 5.41 Å². The maximum Gasteiger partial charge on any atom is 0.159 e. The summed E-state index contributed by atoms with van der Waals surface area (Å²) < 4.78 is 16.5. The third kappa shape index (κ3) is 6.44. The van der Waals surface area contributed by atoms with Crippen molar-refractivity contribution in [3.8, 4) is 5.69 Å². The Bertz CT molecular complexity index is 5270. The topological polar surface area (TPSA) is 37.7 Å².